The SMILES string of the molecule is Cc1ccc(-c2cnc(CCC(=O)OCc3cn4ccccc4c3C#N)o2)cc1. The molecule has 0 amide bonds. The van der Waals surface area contributed by atoms with E-state index in [-0.39, 0.29) is 19.0 Å². The van der Waals surface area contributed by atoms with Gasteiger partial charge in [-0.1, -0.05) is 35.9 Å². The molecule has 0 bridgehead atoms. The fourth-order valence-electron chi connectivity index (χ4n) is 3.13. The second-order valence-corrected chi connectivity index (χ2v) is 6.78. The Morgan fingerprint density at radius 3 is 2.86 bits per heavy atom. The third kappa shape index (κ3) is 4.04. The molecular weight excluding hydrogens is 366 g/mol. The van der Waals surface area contributed by atoms with Crippen molar-refractivity contribution in [3.05, 3.63) is 83.6 Å². The number of esters is 1. The largest absolute Gasteiger partial charge is 0.461 e. The summed E-state index contributed by atoms with van der Waals surface area (Å²) in [6.45, 7) is 2.08. The van der Waals surface area contributed by atoms with Crippen LogP contribution in [-0.4, -0.2) is 15.4 Å². The lowest BCUT2D eigenvalue weighted by molar-refractivity contribution is -0.145. The third-order valence-electron chi connectivity index (χ3n) is 4.70. The first-order chi connectivity index (χ1) is 14.1. The topological polar surface area (TPSA) is 80.5 Å². The van der Waals surface area contributed by atoms with Gasteiger partial charge in [0, 0.05) is 29.9 Å². The van der Waals surface area contributed by atoms with Crippen molar-refractivity contribution >= 4 is 11.5 Å². The van der Waals surface area contributed by atoms with Gasteiger partial charge in [0.05, 0.1) is 23.7 Å². The van der Waals surface area contributed by atoms with Gasteiger partial charge in [-0.3, -0.25) is 4.79 Å². The summed E-state index contributed by atoms with van der Waals surface area (Å²) in [6.07, 6.45) is 5.84. The van der Waals surface area contributed by atoms with Gasteiger partial charge >= 0.3 is 5.97 Å². The number of hydrogen-bond acceptors (Lipinski definition) is 5. The molecule has 4 rings (SSSR count). The first-order valence-electron chi connectivity index (χ1n) is 9.30. The zero-order chi connectivity index (χ0) is 20.2. The number of pyridine rings is 1. The molecule has 3 aromatic heterocycles. The van der Waals surface area contributed by atoms with E-state index in [4.69, 9.17) is 9.15 Å². The first-order valence-corrected chi connectivity index (χ1v) is 9.30. The number of nitriles is 1. The summed E-state index contributed by atoms with van der Waals surface area (Å²) in [5, 5.41) is 9.41. The van der Waals surface area contributed by atoms with Gasteiger partial charge in [0.25, 0.3) is 0 Å². The van der Waals surface area contributed by atoms with Crippen LogP contribution in [0.1, 0.15) is 29.0 Å². The van der Waals surface area contributed by atoms with Crippen LogP contribution in [-0.2, 0) is 22.6 Å². The van der Waals surface area contributed by atoms with Crippen molar-refractivity contribution in [3.63, 3.8) is 0 Å². The minimum absolute atomic E-state index is 0.0591. The molecule has 0 atom stereocenters. The molecule has 0 aliphatic heterocycles. The molecule has 4 aromatic rings. The van der Waals surface area contributed by atoms with Crippen molar-refractivity contribution in [1.82, 2.24) is 9.38 Å². The molecule has 0 aliphatic carbocycles. The molecular formula is C23H19N3O3. The summed E-state index contributed by atoms with van der Waals surface area (Å²) in [4.78, 5) is 16.4. The molecule has 6 heteroatoms. The minimum Gasteiger partial charge on any atom is -0.461 e. The smallest absolute Gasteiger partial charge is 0.306 e. The molecule has 1 aromatic carbocycles. The van der Waals surface area contributed by atoms with Crippen LogP contribution in [0.5, 0.6) is 0 Å². The van der Waals surface area contributed by atoms with Gasteiger partial charge in [-0.15, -0.1) is 0 Å². The van der Waals surface area contributed by atoms with Crippen LogP contribution >= 0.6 is 0 Å². The van der Waals surface area contributed by atoms with E-state index in [0.29, 0.717) is 29.2 Å². The van der Waals surface area contributed by atoms with E-state index < -0.39 is 0 Å². The van der Waals surface area contributed by atoms with Crippen molar-refractivity contribution < 1.29 is 13.9 Å². The number of carbonyl (C=O) groups is 1. The lowest BCUT2D eigenvalue weighted by Crippen LogP contribution is -2.06. The quantitative estimate of drug-likeness (QED) is 0.458. The number of fused-ring (bicyclic) bond motifs is 1. The highest BCUT2D eigenvalue weighted by molar-refractivity contribution is 5.70. The average Bonchev–Trinajstić information content (AvgIpc) is 3.35. The predicted octanol–water partition coefficient (Wildman–Crippen LogP) is 4.45. The third-order valence-corrected chi connectivity index (χ3v) is 4.70. The van der Waals surface area contributed by atoms with Crippen LogP contribution < -0.4 is 0 Å². The highest BCUT2D eigenvalue weighted by Gasteiger charge is 2.13. The van der Waals surface area contributed by atoms with Crippen LogP contribution in [0, 0.1) is 18.3 Å². The van der Waals surface area contributed by atoms with Gasteiger partial charge < -0.3 is 13.6 Å². The highest BCUT2D eigenvalue weighted by Crippen LogP contribution is 2.22. The number of rotatable bonds is 6. The lowest BCUT2D eigenvalue weighted by Gasteiger charge is -2.03. The molecule has 0 aliphatic rings. The number of benzene rings is 1. The van der Waals surface area contributed by atoms with Gasteiger partial charge in [-0.2, -0.15) is 5.26 Å². The van der Waals surface area contributed by atoms with Crippen molar-refractivity contribution in [2.75, 3.05) is 0 Å². The Morgan fingerprint density at radius 1 is 1.24 bits per heavy atom. The minimum atomic E-state index is -0.362. The summed E-state index contributed by atoms with van der Waals surface area (Å²) in [7, 11) is 0. The molecule has 0 saturated heterocycles. The molecule has 0 saturated carbocycles. The van der Waals surface area contributed by atoms with Gasteiger partial charge in [-0.05, 0) is 19.1 Å². The lowest BCUT2D eigenvalue weighted by atomic mass is 10.1. The molecule has 3 heterocycles. The maximum atomic E-state index is 12.1. The molecule has 0 radical (unpaired) electrons. The van der Waals surface area contributed by atoms with E-state index in [0.717, 1.165) is 11.1 Å². The monoisotopic (exact) mass is 385 g/mol. The van der Waals surface area contributed by atoms with Gasteiger partial charge in [0.15, 0.2) is 11.7 Å². The van der Waals surface area contributed by atoms with Gasteiger partial charge in [-0.25, -0.2) is 4.98 Å². The summed E-state index contributed by atoms with van der Waals surface area (Å²) in [5.74, 6) is 0.802. The van der Waals surface area contributed by atoms with E-state index in [9.17, 15) is 10.1 Å². The maximum absolute atomic E-state index is 12.1. The predicted molar refractivity (Wildman–Crippen MR) is 107 cm³/mol. The zero-order valence-corrected chi connectivity index (χ0v) is 16.0. The van der Waals surface area contributed by atoms with Crippen LogP contribution in [0.3, 0.4) is 0 Å². The Bertz CT molecular complexity index is 1200. The number of ether oxygens (including phenoxy) is 1. The summed E-state index contributed by atoms with van der Waals surface area (Å²) < 4.78 is 12.9. The van der Waals surface area contributed by atoms with Crippen LogP contribution in [0.25, 0.3) is 16.8 Å². The van der Waals surface area contributed by atoms with Gasteiger partial charge in [0.2, 0.25) is 0 Å². The van der Waals surface area contributed by atoms with Crippen molar-refractivity contribution in [1.29, 1.82) is 5.26 Å². The molecule has 6 nitrogen and oxygen atoms in total. The van der Waals surface area contributed by atoms with Gasteiger partial charge in [0.1, 0.15) is 12.7 Å². The standard InChI is InChI=1S/C23H19N3O3/c1-16-5-7-17(8-6-16)21-13-25-22(29-21)9-10-23(27)28-15-18-14-26-11-3-2-4-20(26)19(18)12-24/h2-8,11,13-14H,9-10,15H2,1H3. The fraction of sp³-hybridized carbons (Fsp3) is 0.174. The van der Waals surface area contributed by atoms with Crippen LogP contribution in [0.15, 0.2) is 65.5 Å². The number of nitrogens with zero attached hydrogens (tertiary/aromatic N) is 3. The van der Waals surface area contributed by atoms with Crippen LogP contribution in [0.4, 0.5) is 0 Å². The molecule has 144 valence electrons. The molecule has 0 unspecified atom stereocenters. The number of aryl methyl sites for hydroxylation is 2. The Morgan fingerprint density at radius 2 is 2.07 bits per heavy atom. The number of oxazole rings is 1. The number of hydrogen-bond donors (Lipinski definition) is 0. The van der Waals surface area contributed by atoms with E-state index in [1.54, 1.807) is 6.20 Å². The van der Waals surface area contributed by atoms with E-state index in [1.807, 2.05) is 66.2 Å². The molecule has 0 fully saturated rings. The fourth-order valence-corrected chi connectivity index (χ4v) is 3.13. The summed E-state index contributed by atoms with van der Waals surface area (Å²) >= 11 is 0. The summed E-state index contributed by atoms with van der Waals surface area (Å²) in [5.41, 5.74) is 4.12. The Labute approximate surface area is 168 Å². The van der Waals surface area contributed by atoms with E-state index in [2.05, 4.69) is 11.1 Å². The maximum Gasteiger partial charge on any atom is 0.306 e. The molecule has 0 spiro atoms. The molecule has 0 N–H and O–H groups in total. The second-order valence-electron chi connectivity index (χ2n) is 6.78. The Kier molecular flexibility index (Phi) is 5.12. The van der Waals surface area contributed by atoms with Crippen molar-refractivity contribution in [2.45, 2.75) is 26.4 Å². The normalized spacial score (nSPS) is 10.8. The molecule has 29 heavy (non-hydrogen) atoms. The Balaban J connectivity index is 1.34. The zero-order valence-electron chi connectivity index (χ0n) is 16.0. The highest BCUT2D eigenvalue weighted by atomic mass is 16.5. The first kappa shape index (κ1) is 18.5. The summed E-state index contributed by atoms with van der Waals surface area (Å²) in [6, 6.07) is 15.8. The Hall–Kier alpha value is -3.85. The van der Waals surface area contributed by atoms with Crippen molar-refractivity contribution in [3.8, 4) is 17.4 Å². The number of carbonyl (C=O) groups excluding carboxylic acids is 1. The number of aromatic nitrogens is 2. The van der Waals surface area contributed by atoms with Crippen LogP contribution in [0.2, 0.25) is 0 Å². The van der Waals surface area contributed by atoms with Crippen molar-refractivity contribution in [2.24, 2.45) is 0 Å². The van der Waals surface area contributed by atoms with E-state index >= 15 is 0 Å². The van der Waals surface area contributed by atoms with E-state index in [1.165, 1.54) is 5.56 Å². The second kappa shape index (κ2) is 8.03. The average molecular weight is 385 g/mol.